The fourth-order valence-corrected chi connectivity index (χ4v) is 2.33. The summed E-state index contributed by atoms with van der Waals surface area (Å²) in [4.78, 5) is 19.6. The minimum atomic E-state index is -4.41. The highest BCUT2D eigenvalue weighted by Crippen LogP contribution is 2.30. The Morgan fingerprint density at radius 3 is 2.35 bits per heavy atom. The molecule has 0 atom stereocenters. The summed E-state index contributed by atoms with van der Waals surface area (Å²) in [7, 11) is 0. The van der Waals surface area contributed by atoms with Gasteiger partial charge in [-0.05, 0) is 36.4 Å². The zero-order chi connectivity index (χ0) is 18.7. The van der Waals surface area contributed by atoms with E-state index in [0.717, 1.165) is 12.1 Å². The van der Waals surface area contributed by atoms with Crippen LogP contribution in [0.15, 0.2) is 60.8 Å². The van der Waals surface area contributed by atoms with Crippen LogP contribution in [0.25, 0.3) is 11.3 Å². The van der Waals surface area contributed by atoms with E-state index in [-0.39, 0.29) is 11.5 Å². The minimum Gasteiger partial charge on any atom is -0.478 e. The highest BCUT2D eigenvalue weighted by atomic mass is 19.4. The molecule has 0 aliphatic carbocycles. The van der Waals surface area contributed by atoms with Crippen LogP contribution in [0.1, 0.15) is 15.9 Å². The van der Waals surface area contributed by atoms with Gasteiger partial charge in [0, 0.05) is 17.4 Å². The molecule has 132 valence electrons. The van der Waals surface area contributed by atoms with Crippen molar-refractivity contribution in [2.45, 2.75) is 6.18 Å². The van der Waals surface area contributed by atoms with Crippen LogP contribution in [0.3, 0.4) is 0 Å². The number of rotatable bonds is 4. The number of nitrogens with zero attached hydrogens (tertiary/aromatic N) is 2. The summed E-state index contributed by atoms with van der Waals surface area (Å²) >= 11 is 0. The van der Waals surface area contributed by atoms with Crippen molar-refractivity contribution in [2.75, 3.05) is 5.32 Å². The van der Waals surface area contributed by atoms with E-state index >= 15 is 0 Å². The van der Waals surface area contributed by atoms with Crippen molar-refractivity contribution in [3.05, 3.63) is 71.9 Å². The van der Waals surface area contributed by atoms with Crippen molar-refractivity contribution >= 4 is 17.6 Å². The number of benzene rings is 2. The van der Waals surface area contributed by atoms with Gasteiger partial charge in [0.05, 0.1) is 16.8 Å². The first-order valence-electron chi connectivity index (χ1n) is 7.44. The molecule has 2 N–H and O–H groups in total. The van der Waals surface area contributed by atoms with Crippen LogP contribution in [0.4, 0.5) is 24.8 Å². The van der Waals surface area contributed by atoms with E-state index in [0.29, 0.717) is 16.9 Å². The molecule has 5 nitrogen and oxygen atoms in total. The van der Waals surface area contributed by atoms with E-state index in [2.05, 4.69) is 15.3 Å². The maximum absolute atomic E-state index is 12.6. The molecule has 0 unspecified atom stereocenters. The van der Waals surface area contributed by atoms with Crippen LogP contribution in [0, 0.1) is 0 Å². The number of anilines is 2. The molecule has 26 heavy (non-hydrogen) atoms. The van der Waals surface area contributed by atoms with Crippen molar-refractivity contribution in [3.63, 3.8) is 0 Å². The molecule has 0 bridgehead atoms. The summed E-state index contributed by atoms with van der Waals surface area (Å²) in [6, 6.07) is 12.4. The van der Waals surface area contributed by atoms with E-state index in [4.69, 9.17) is 0 Å². The summed E-state index contributed by atoms with van der Waals surface area (Å²) in [6.45, 7) is 0. The highest BCUT2D eigenvalue weighted by molar-refractivity contribution is 5.95. The molecule has 3 rings (SSSR count). The number of hydrogen-bond acceptors (Lipinski definition) is 4. The molecule has 0 saturated heterocycles. The fraction of sp³-hybridized carbons (Fsp3) is 0.0556. The smallest absolute Gasteiger partial charge is 0.416 e. The molecule has 1 aromatic heterocycles. The van der Waals surface area contributed by atoms with Gasteiger partial charge in [-0.15, -0.1) is 0 Å². The summed E-state index contributed by atoms with van der Waals surface area (Å²) < 4.78 is 37.8. The van der Waals surface area contributed by atoms with Crippen LogP contribution < -0.4 is 5.32 Å². The zero-order valence-electron chi connectivity index (χ0n) is 13.2. The van der Waals surface area contributed by atoms with Crippen molar-refractivity contribution < 1.29 is 23.1 Å². The third-order valence-electron chi connectivity index (χ3n) is 3.56. The number of carbonyl (C=O) groups is 1. The van der Waals surface area contributed by atoms with Gasteiger partial charge in [-0.2, -0.15) is 13.2 Å². The second kappa shape index (κ2) is 6.83. The lowest BCUT2D eigenvalue weighted by Crippen LogP contribution is -2.05. The Bertz CT molecular complexity index is 941. The molecule has 3 aromatic rings. The monoisotopic (exact) mass is 359 g/mol. The van der Waals surface area contributed by atoms with Gasteiger partial charge in [0.15, 0.2) is 0 Å². The van der Waals surface area contributed by atoms with E-state index in [1.165, 1.54) is 24.4 Å². The number of alkyl halides is 3. The van der Waals surface area contributed by atoms with E-state index in [9.17, 15) is 23.1 Å². The van der Waals surface area contributed by atoms with Gasteiger partial charge in [-0.3, -0.25) is 0 Å². The second-order valence-corrected chi connectivity index (χ2v) is 5.32. The van der Waals surface area contributed by atoms with Gasteiger partial charge in [0.25, 0.3) is 0 Å². The Balaban J connectivity index is 1.88. The summed E-state index contributed by atoms with van der Waals surface area (Å²) in [5.41, 5.74) is 0.506. The normalized spacial score (nSPS) is 11.2. The molecular formula is C18H12F3N3O2. The maximum atomic E-state index is 12.6. The molecule has 2 aromatic carbocycles. The Labute approximate surface area is 146 Å². The first kappa shape index (κ1) is 17.4. The molecule has 0 aliphatic rings. The summed E-state index contributed by atoms with van der Waals surface area (Å²) in [6.07, 6.45) is -2.97. The van der Waals surface area contributed by atoms with Crippen molar-refractivity contribution in [2.24, 2.45) is 0 Å². The van der Waals surface area contributed by atoms with E-state index in [1.54, 1.807) is 24.3 Å². The van der Waals surface area contributed by atoms with Crippen LogP contribution in [0.5, 0.6) is 0 Å². The molecule has 0 radical (unpaired) electrons. The SMILES string of the molecule is O=C(O)c1ccccc1-c1ccnc(Nc2ccc(C(F)(F)F)cc2)n1. The van der Waals surface area contributed by atoms with Crippen LogP contribution in [0.2, 0.25) is 0 Å². The number of aromatic nitrogens is 2. The third kappa shape index (κ3) is 3.80. The Morgan fingerprint density at radius 2 is 1.69 bits per heavy atom. The number of carboxylic acid groups (broad SMARTS) is 1. The molecule has 0 spiro atoms. The lowest BCUT2D eigenvalue weighted by atomic mass is 10.0. The number of aromatic carboxylic acids is 1. The number of nitrogens with one attached hydrogen (secondary N) is 1. The highest BCUT2D eigenvalue weighted by Gasteiger charge is 2.29. The quantitative estimate of drug-likeness (QED) is 0.712. The average Bonchev–Trinajstić information content (AvgIpc) is 2.61. The van der Waals surface area contributed by atoms with Gasteiger partial charge in [0.1, 0.15) is 0 Å². The summed E-state index contributed by atoms with van der Waals surface area (Å²) in [5.74, 6) is -0.945. The minimum absolute atomic E-state index is 0.0895. The van der Waals surface area contributed by atoms with E-state index in [1.807, 2.05) is 0 Å². The average molecular weight is 359 g/mol. The zero-order valence-corrected chi connectivity index (χ0v) is 13.2. The molecule has 1 heterocycles. The predicted molar refractivity (Wildman–Crippen MR) is 89.2 cm³/mol. The summed E-state index contributed by atoms with van der Waals surface area (Å²) in [5, 5.41) is 12.1. The standard InChI is InChI=1S/C18H12F3N3O2/c19-18(20,21)11-5-7-12(8-6-11)23-17-22-10-9-15(24-17)13-3-1-2-4-14(13)16(25)26/h1-10H,(H,25,26)(H,22,23,24). The predicted octanol–water partition coefficient (Wildman–Crippen LogP) is 4.60. The Kier molecular flexibility index (Phi) is 4.57. The lowest BCUT2D eigenvalue weighted by molar-refractivity contribution is -0.137. The van der Waals surface area contributed by atoms with Gasteiger partial charge in [0.2, 0.25) is 5.95 Å². The van der Waals surface area contributed by atoms with Gasteiger partial charge in [-0.1, -0.05) is 18.2 Å². The van der Waals surface area contributed by atoms with Crippen molar-refractivity contribution in [3.8, 4) is 11.3 Å². The molecule has 0 aliphatic heterocycles. The second-order valence-electron chi connectivity index (χ2n) is 5.32. The van der Waals surface area contributed by atoms with Gasteiger partial charge in [-0.25, -0.2) is 14.8 Å². The maximum Gasteiger partial charge on any atom is 0.416 e. The Hall–Kier alpha value is -3.42. The van der Waals surface area contributed by atoms with Crippen LogP contribution >= 0.6 is 0 Å². The molecule has 0 amide bonds. The number of hydrogen-bond donors (Lipinski definition) is 2. The number of carboxylic acids is 1. The van der Waals surface area contributed by atoms with Gasteiger partial charge < -0.3 is 10.4 Å². The van der Waals surface area contributed by atoms with Crippen LogP contribution in [-0.2, 0) is 6.18 Å². The largest absolute Gasteiger partial charge is 0.478 e. The molecule has 0 fully saturated rings. The molecular weight excluding hydrogens is 347 g/mol. The van der Waals surface area contributed by atoms with Crippen LogP contribution in [-0.4, -0.2) is 21.0 Å². The van der Waals surface area contributed by atoms with Gasteiger partial charge >= 0.3 is 12.1 Å². The fourth-order valence-electron chi connectivity index (χ4n) is 2.33. The first-order valence-corrected chi connectivity index (χ1v) is 7.44. The van der Waals surface area contributed by atoms with Crippen molar-refractivity contribution in [1.82, 2.24) is 9.97 Å². The lowest BCUT2D eigenvalue weighted by Gasteiger charge is -2.10. The Morgan fingerprint density at radius 1 is 1.00 bits per heavy atom. The number of halogens is 3. The third-order valence-corrected chi connectivity index (χ3v) is 3.56. The first-order chi connectivity index (χ1) is 12.3. The molecule has 8 heteroatoms. The van der Waals surface area contributed by atoms with Crippen molar-refractivity contribution in [1.29, 1.82) is 0 Å². The topological polar surface area (TPSA) is 75.1 Å². The molecule has 0 saturated carbocycles. The van der Waals surface area contributed by atoms with E-state index < -0.39 is 17.7 Å².